The zero-order chi connectivity index (χ0) is 9.52. The fourth-order valence-corrected chi connectivity index (χ4v) is 1.34. The topological polar surface area (TPSA) is 21.3 Å². The summed E-state index contributed by atoms with van der Waals surface area (Å²) < 4.78 is 5.10. The highest BCUT2D eigenvalue weighted by atomic mass is 16.5. The van der Waals surface area contributed by atoms with Crippen molar-refractivity contribution in [3.63, 3.8) is 0 Å². The van der Waals surface area contributed by atoms with Crippen molar-refractivity contribution in [1.82, 2.24) is 5.32 Å². The maximum absolute atomic E-state index is 5.10. The molecule has 0 saturated carbocycles. The number of hydrogen-bond acceptors (Lipinski definition) is 2. The first-order chi connectivity index (χ1) is 6.36. The lowest BCUT2D eigenvalue weighted by Gasteiger charge is -2.14. The first kappa shape index (κ1) is 10.2. The molecule has 1 atom stereocenters. The lowest BCUT2D eigenvalue weighted by molar-refractivity contribution is 0.169. The smallest absolute Gasteiger partial charge is 0.0618 e. The number of rotatable bonds is 5. The quantitative estimate of drug-likeness (QED) is 0.739. The lowest BCUT2D eigenvalue weighted by Crippen LogP contribution is -2.31. The van der Waals surface area contributed by atoms with Gasteiger partial charge in [0, 0.05) is 13.2 Å². The standard InChI is InChI=1S/C11H17NO/c1-12-11(9-13-2)8-10-6-4-3-5-7-10/h3-7,11-12H,8-9H2,1-2H3. The number of ether oxygens (including phenoxy) is 1. The van der Waals surface area contributed by atoms with Crippen LogP contribution >= 0.6 is 0 Å². The SMILES string of the molecule is CNC(COC)Cc1ccccc1. The number of hydrogen-bond donors (Lipinski definition) is 1. The molecule has 1 rings (SSSR count). The summed E-state index contributed by atoms with van der Waals surface area (Å²) in [5.41, 5.74) is 1.35. The summed E-state index contributed by atoms with van der Waals surface area (Å²) in [4.78, 5) is 0. The molecule has 13 heavy (non-hydrogen) atoms. The Labute approximate surface area is 79.9 Å². The molecule has 0 aromatic heterocycles. The molecule has 1 aromatic rings. The van der Waals surface area contributed by atoms with Gasteiger partial charge in [-0.15, -0.1) is 0 Å². The van der Waals surface area contributed by atoms with Crippen LogP contribution in [0.3, 0.4) is 0 Å². The van der Waals surface area contributed by atoms with Crippen LogP contribution in [-0.2, 0) is 11.2 Å². The fraction of sp³-hybridized carbons (Fsp3) is 0.455. The van der Waals surface area contributed by atoms with Crippen LogP contribution in [0.4, 0.5) is 0 Å². The molecule has 1 aromatic carbocycles. The van der Waals surface area contributed by atoms with E-state index in [0.717, 1.165) is 13.0 Å². The van der Waals surface area contributed by atoms with E-state index in [-0.39, 0.29) is 0 Å². The van der Waals surface area contributed by atoms with Crippen molar-refractivity contribution < 1.29 is 4.74 Å². The minimum Gasteiger partial charge on any atom is -0.383 e. The minimum absolute atomic E-state index is 0.410. The summed E-state index contributed by atoms with van der Waals surface area (Å²) in [6.45, 7) is 0.755. The predicted octanol–water partition coefficient (Wildman–Crippen LogP) is 1.46. The highest BCUT2D eigenvalue weighted by Crippen LogP contribution is 2.02. The van der Waals surface area contributed by atoms with Crippen molar-refractivity contribution in [2.24, 2.45) is 0 Å². The molecule has 0 heterocycles. The van der Waals surface area contributed by atoms with E-state index in [9.17, 15) is 0 Å². The summed E-state index contributed by atoms with van der Waals surface area (Å²) in [5.74, 6) is 0. The van der Waals surface area contributed by atoms with E-state index in [1.807, 2.05) is 13.1 Å². The second-order valence-electron chi connectivity index (χ2n) is 3.13. The Hall–Kier alpha value is -0.860. The fourth-order valence-electron chi connectivity index (χ4n) is 1.34. The van der Waals surface area contributed by atoms with Gasteiger partial charge in [-0.05, 0) is 19.0 Å². The highest BCUT2D eigenvalue weighted by Gasteiger charge is 2.05. The molecule has 72 valence electrons. The molecule has 0 amide bonds. The van der Waals surface area contributed by atoms with E-state index in [4.69, 9.17) is 4.74 Å². The molecular formula is C11H17NO. The zero-order valence-corrected chi connectivity index (χ0v) is 8.29. The van der Waals surface area contributed by atoms with E-state index in [0.29, 0.717) is 6.04 Å². The van der Waals surface area contributed by atoms with Gasteiger partial charge >= 0.3 is 0 Å². The molecule has 2 nitrogen and oxygen atoms in total. The van der Waals surface area contributed by atoms with Gasteiger partial charge in [0.2, 0.25) is 0 Å². The van der Waals surface area contributed by atoms with Crippen molar-refractivity contribution in [3.8, 4) is 0 Å². The molecule has 0 aliphatic carbocycles. The first-order valence-electron chi connectivity index (χ1n) is 4.57. The first-order valence-corrected chi connectivity index (χ1v) is 4.57. The minimum atomic E-state index is 0.410. The molecule has 1 unspecified atom stereocenters. The summed E-state index contributed by atoms with van der Waals surface area (Å²) in [6, 6.07) is 10.9. The summed E-state index contributed by atoms with van der Waals surface area (Å²) in [6.07, 6.45) is 1.02. The van der Waals surface area contributed by atoms with Gasteiger partial charge < -0.3 is 10.1 Å². The van der Waals surface area contributed by atoms with Crippen molar-refractivity contribution in [2.45, 2.75) is 12.5 Å². The van der Waals surface area contributed by atoms with Gasteiger partial charge in [0.25, 0.3) is 0 Å². The van der Waals surface area contributed by atoms with Crippen molar-refractivity contribution in [1.29, 1.82) is 0 Å². The predicted molar refractivity (Wildman–Crippen MR) is 54.9 cm³/mol. The molecule has 1 N–H and O–H groups in total. The van der Waals surface area contributed by atoms with Crippen LogP contribution in [0.5, 0.6) is 0 Å². The van der Waals surface area contributed by atoms with E-state index in [1.54, 1.807) is 7.11 Å². The van der Waals surface area contributed by atoms with Gasteiger partial charge in [-0.3, -0.25) is 0 Å². The number of nitrogens with one attached hydrogen (secondary N) is 1. The van der Waals surface area contributed by atoms with Gasteiger partial charge in [-0.1, -0.05) is 30.3 Å². The summed E-state index contributed by atoms with van der Waals surface area (Å²) >= 11 is 0. The molecule has 0 aliphatic rings. The Morgan fingerprint density at radius 2 is 2.00 bits per heavy atom. The second-order valence-corrected chi connectivity index (χ2v) is 3.13. The third-order valence-corrected chi connectivity index (χ3v) is 2.10. The van der Waals surface area contributed by atoms with E-state index in [2.05, 4.69) is 29.6 Å². The van der Waals surface area contributed by atoms with Crippen LogP contribution in [0.1, 0.15) is 5.56 Å². The third-order valence-electron chi connectivity index (χ3n) is 2.10. The molecule has 0 radical (unpaired) electrons. The van der Waals surface area contributed by atoms with Crippen LogP contribution in [0.25, 0.3) is 0 Å². The third kappa shape index (κ3) is 3.57. The Bertz CT molecular complexity index is 223. The highest BCUT2D eigenvalue weighted by molar-refractivity contribution is 5.15. The Balaban J connectivity index is 2.46. The number of likely N-dealkylation sites (N-methyl/N-ethyl adjacent to an activating group) is 1. The van der Waals surface area contributed by atoms with Crippen LogP contribution in [0.2, 0.25) is 0 Å². The van der Waals surface area contributed by atoms with Gasteiger partial charge in [0.05, 0.1) is 6.61 Å². The molecule has 2 heteroatoms. The summed E-state index contributed by atoms with van der Waals surface area (Å²) in [7, 11) is 3.70. The maximum atomic E-state index is 5.10. The van der Waals surface area contributed by atoms with Gasteiger partial charge in [-0.2, -0.15) is 0 Å². The van der Waals surface area contributed by atoms with E-state index < -0.39 is 0 Å². The summed E-state index contributed by atoms with van der Waals surface area (Å²) in [5, 5.41) is 3.23. The molecule has 0 fully saturated rings. The van der Waals surface area contributed by atoms with E-state index in [1.165, 1.54) is 5.56 Å². The molecule has 0 saturated heterocycles. The van der Waals surface area contributed by atoms with Gasteiger partial charge in [0.15, 0.2) is 0 Å². The second kappa shape index (κ2) is 5.73. The number of benzene rings is 1. The van der Waals surface area contributed by atoms with Crippen molar-refractivity contribution >= 4 is 0 Å². The monoisotopic (exact) mass is 179 g/mol. The normalized spacial score (nSPS) is 12.8. The lowest BCUT2D eigenvalue weighted by atomic mass is 10.1. The zero-order valence-electron chi connectivity index (χ0n) is 8.29. The average Bonchev–Trinajstić information content (AvgIpc) is 2.19. The molecule has 0 spiro atoms. The average molecular weight is 179 g/mol. The molecular weight excluding hydrogens is 162 g/mol. The van der Waals surface area contributed by atoms with Crippen LogP contribution < -0.4 is 5.32 Å². The van der Waals surface area contributed by atoms with Gasteiger partial charge in [0.1, 0.15) is 0 Å². The Kier molecular flexibility index (Phi) is 4.50. The Morgan fingerprint density at radius 1 is 1.31 bits per heavy atom. The molecule has 0 aliphatic heterocycles. The van der Waals surface area contributed by atoms with Crippen molar-refractivity contribution in [2.75, 3.05) is 20.8 Å². The maximum Gasteiger partial charge on any atom is 0.0618 e. The van der Waals surface area contributed by atoms with Crippen LogP contribution in [0.15, 0.2) is 30.3 Å². The van der Waals surface area contributed by atoms with Crippen molar-refractivity contribution in [3.05, 3.63) is 35.9 Å². The van der Waals surface area contributed by atoms with E-state index >= 15 is 0 Å². The van der Waals surface area contributed by atoms with Crippen LogP contribution in [0, 0.1) is 0 Å². The molecule has 0 bridgehead atoms. The van der Waals surface area contributed by atoms with Crippen LogP contribution in [-0.4, -0.2) is 26.8 Å². The van der Waals surface area contributed by atoms with Gasteiger partial charge in [-0.25, -0.2) is 0 Å². The number of methoxy groups -OCH3 is 1. The Morgan fingerprint density at radius 3 is 2.54 bits per heavy atom. The largest absolute Gasteiger partial charge is 0.383 e.